The Morgan fingerprint density at radius 3 is 1.50 bits per heavy atom. The Balaban J connectivity index is 1.82. The van der Waals surface area contributed by atoms with Gasteiger partial charge in [0.15, 0.2) is 11.5 Å². The highest BCUT2D eigenvalue weighted by Gasteiger charge is 2.21. The smallest absolute Gasteiger partial charge is 0.169 e. The van der Waals surface area contributed by atoms with E-state index < -0.39 is 0 Å². The van der Waals surface area contributed by atoms with Gasteiger partial charge in [0.05, 0.1) is 11.4 Å². The van der Waals surface area contributed by atoms with Crippen LogP contribution in [0.2, 0.25) is 0 Å². The van der Waals surface area contributed by atoms with Gasteiger partial charge in [-0.2, -0.15) is 0 Å². The van der Waals surface area contributed by atoms with Gasteiger partial charge in [-0.1, -0.05) is 6.07 Å². The highest BCUT2D eigenvalue weighted by Crippen LogP contribution is 2.44. The summed E-state index contributed by atoms with van der Waals surface area (Å²) in [5.74, 6) is 1.53. The van der Waals surface area contributed by atoms with E-state index in [4.69, 9.17) is 4.74 Å². The van der Waals surface area contributed by atoms with Gasteiger partial charge in [-0.15, -0.1) is 0 Å². The molecule has 0 spiro atoms. The number of ether oxygens (including phenoxy) is 1. The molecule has 0 aliphatic rings. The summed E-state index contributed by atoms with van der Waals surface area (Å²) in [4.78, 5) is 2.14. The van der Waals surface area contributed by atoms with Crippen LogP contribution in [0.5, 0.6) is 28.7 Å². The predicted molar refractivity (Wildman–Crippen MR) is 136 cm³/mol. The van der Waals surface area contributed by atoms with E-state index in [1.165, 1.54) is 0 Å². The van der Waals surface area contributed by atoms with Crippen molar-refractivity contribution in [3.05, 3.63) is 94.5 Å². The van der Waals surface area contributed by atoms with Gasteiger partial charge in [0, 0.05) is 5.69 Å². The summed E-state index contributed by atoms with van der Waals surface area (Å²) in [5.41, 5.74) is 7.47. The molecule has 0 aliphatic heterocycles. The van der Waals surface area contributed by atoms with Gasteiger partial charge < -0.3 is 25.0 Å². The number of hydrogen-bond donors (Lipinski definition) is 3. The molecular weight excluding hydrogens is 426 g/mol. The number of phenols is 3. The second kappa shape index (κ2) is 9.02. The van der Waals surface area contributed by atoms with Crippen LogP contribution in [0.15, 0.2) is 66.7 Å². The van der Waals surface area contributed by atoms with E-state index in [0.29, 0.717) is 11.5 Å². The first kappa shape index (κ1) is 23.1. The van der Waals surface area contributed by atoms with Crippen LogP contribution in [0.3, 0.4) is 0 Å². The summed E-state index contributed by atoms with van der Waals surface area (Å²) in [7, 11) is 0. The van der Waals surface area contributed by atoms with Crippen molar-refractivity contribution < 1.29 is 20.1 Å². The summed E-state index contributed by atoms with van der Waals surface area (Å²) in [6.45, 7) is 9.79. The van der Waals surface area contributed by atoms with Gasteiger partial charge in [0.1, 0.15) is 17.2 Å². The number of benzene rings is 4. The van der Waals surface area contributed by atoms with Crippen LogP contribution in [0.4, 0.5) is 17.1 Å². The second-order valence-corrected chi connectivity index (χ2v) is 8.76. The minimum atomic E-state index is 0.0939. The molecule has 0 aromatic heterocycles. The van der Waals surface area contributed by atoms with Crippen LogP contribution in [0, 0.1) is 34.6 Å². The molecule has 0 saturated carbocycles. The number of aryl methyl sites for hydroxylation is 5. The highest BCUT2D eigenvalue weighted by atomic mass is 16.5. The van der Waals surface area contributed by atoms with Crippen molar-refractivity contribution in [2.45, 2.75) is 34.6 Å². The zero-order chi connectivity index (χ0) is 24.6. The Morgan fingerprint density at radius 1 is 0.588 bits per heavy atom. The molecule has 0 atom stereocenters. The van der Waals surface area contributed by atoms with Gasteiger partial charge >= 0.3 is 0 Å². The molecule has 0 bridgehead atoms. The highest BCUT2D eigenvalue weighted by molar-refractivity contribution is 5.84. The third-order valence-corrected chi connectivity index (χ3v) is 5.84. The lowest BCUT2D eigenvalue weighted by atomic mass is 10.0. The van der Waals surface area contributed by atoms with Crippen LogP contribution >= 0.6 is 0 Å². The monoisotopic (exact) mass is 455 g/mol. The van der Waals surface area contributed by atoms with Crippen LogP contribution in [-0.4, -0.2) is 15.3 Å². The molecule has 0 saturated heterocycles. The van der Waals surface area contributed by atoms with Crippen molar-refractivity contribution in [1.82, 2.24) is 0 Å². The lowest BCUT2D eigenvalue weighted by Gasteiger charge is -2.31. The van der Waals surface area contributed by atoms with Gasteiger partial charge in [0.25, 0.3) is 0 Å². The normalized spacial score (nSPS) is 10.9. The number of hydrogen-bond acceptors (Lipinski definition) is 5. The van der Waals surface area contributed by atoms with E-state index in [0.717, 1.165) is 44.9 Å². The van der Waals surface area contributed by atoms with E-state index in [-0.39, 0.29) is 17.2 Å². The SMILES string of the molecule is Cc1ccc(Oc2ccc(N(c3c(C)cc(O)cc3C)c3c(C)cc(O)cc3C)cc2)c(O)c1. The summed E-state index contributed by atoms with van der Waals surface area (Å²) in [5, 5.41) is 30.4. The average Bonchev–Trinajstić information content (AvgIpc) is 2.74. The molecule has 34 heavy (non-hydrogen) atoms. The fourth-order valence-corrected chi connectivity index (χ4v) is 4.45. The molecule has 5 nitrogen and oxygen atoms in total. The largest absolute Gasteiger partial charge is 0.508 e. The minimum absolute atomic E-state index is 0.0939. The maximum Gasteiger partial charge on any atom is 0.169 e. The van der Waals surface area contributed by atoms with Crippen LogP contribution in [-0.2, 0) is 0 Å². The number of nitrogens with zero attached hydrogens (tertiary/aromatic N) is 1. The Morgan fingerprint density at radius 2 is 1.06 bits per heavy atom. The third kappa shape index (κ3) is 4.50. The summed E-state index contributed by atoms with van der Waals surface area (Å²) >= 11 is 0. The minimum Gasteiger partial charge on any atom is -0.508 e. The molecule has 4 aromatic rings. The molecule has 0 amide bonds. The second-order valence-electron chi connectivity index (χ2n) is 8.76. The molecule has 0 radical (unpaired) electrons. The van der Waals surface area contributed by atoms with E-state index in [2.05, 4.69) is 4.90 Å². The summed E-state index contributed by atoms with van der Waals surface area (Å²) < 4.78 is 5.90. The standard InChI is InChI=1S/C29H29NO4/c1-17-6-11-27(26(33)12-17)34-25-9-7-22(8-10-25)30(28-18(2)13-23(31)14-19(28)3)29-20(4)15-24(32)16-21(29)5/h6-16,31-33H,1-5H3. The lowest BCUT2D eigenvalue weighted by molar-refractivity contribution is 0.411. The molecule has 3 N–H and O–H groups in total. The summed E-state index contributed by atoms with van der Waals surface area (Å²) in [6.07, 6.45) is 0. The van der Waals surface area contributed by atoms with Crippen molar-refractivity contribution in [2.24, 2.45) is 0 Å². The number of aromatic hydroxyl groups is 3. The molecule has 4 aromatic carbocycles. The zero-order valence-corrected chi connectivity index (χ0v) is 20.0. The fourth-order valence-electron chi connectivity index (χ4n) is 4.45. The Labute approximate surface area is 200 Å². The van der Waals surface area contributed by atoms with Gasteiger partial charge in [-0.05, 0) is 123 Å². The van der Waals surface area contributed by atoms with Crippen molar-refractivity contribution in [3.63, 3.8) is 0 Å². The molecular formula is C29H29NO4. The maximum atomic E-state index is 10.2. The van der Waals surface area contributed by atoms with E-state index in [1.807, 2.05) is 65.0 Å². The fraction of sp³-hybridized carbons (Fsp3) is 0.172. The van der Waals surface area contributed by atoms with Gasteiger partial charge in [-0.3, -0.25) is 0 Å². The van der Waals surface area contributed by atoms with Crippen molar-refractivity contribution in [3.8, 4) is 28.7 Å². The maximum absolute atomic E-state index is 10.2. The molecule has 0 unspecified atom stereocenters. The van der Waals surface area contributed by atoms with Gasteiger partial charge in [-0.25, -0.2) is 0 Å². The van der Waals surface area contributed by atoms with Crippen molar-refractivity contribution >= 4 is 17.1 Å². The van der Waals surface area contributed by atoms with E-state index >= 15 is 0 Å². The molecule has 5 heteroatoms. The molecule has 0 aliphatic carbocycles. The molecule has 0 heterocycles. The predicted octanol–water partition coefficient (Wildman–Crippen LogP) is 7.61. The molecule has 4 rings (SSSR count). The number of phenolic OH excluding ortho intramolecular Hbond substituents is 3. The summed E-state index contributed by atoms with van der Waals surface area (Å²) in [6, 6.07) is 19.9. The van der Waals surface area contributed by atoms with E-state index in [9.17, 15) is 15.3 Å². The zero-order valence-electron chi connectivity index (χ0n) is 20.0. The number of anilines is 3. The first-order valence-electron chi connectivity index (χ1n) is 11.1. The third-order valence-electron chi connectivity index (χ3n) is 5.84. The Hall–Kier alpha value is -4.12. The Kier molecular flexibility index (Phi) is 6.12. The number of rotatable bonds is 5. The molecule has 174 valence electrons. The first-order chi connectivity index (χ1) is 16.1. The topological polar surface area (TPSA) is 73.2 Å². The Bertz CT molecular complexity index is 1260. The first-order valence-corrected chi connectivity index (χ1v) is 11.1. The van der Waals surface area contributed by atoms with E-state index in [1.54, 1.807) is 36.4 Å². The van der Waals surface area contributed by atoms with Crippen molar-refractivity contribution in [2.75, 3.05) is 4.90 Å². The lowest BCUT2D eigenvalue weighted by Crippen LogP contribution is -2.15. The van der Waals surface area contributed by atoms with Crippen LogP contribution in [0.1, 0.15) is 27.8 Å². The van der Waals surface area contributed by atoms with Gasteiger partial charge in [0.2, 0.25) is 0 Å². The van der Waals surface area contributed by atoms with Crippen LogP contribution in [0.25, 0.3) is 0 Å². The quantitative estimate of drug-likeness (QED) is 0.289. The van der Waals surface area contributed by atoms with Crippen molar-refractivity contribution in [1.29, 1.82) is 0 Å². The molecule has 0 fully saturated rings. The van der Waals surface area contributed by atoms with Crippen LogP contribution < -0.4 is 9.64 Å². The average molecular weight is 456 g/mol.